The molecule has 0 fully saturated rings. The molecule has 0 bridgehead atoms. The molecule has 8 heteroatoms. The fourth-order valence-corrected chi connectivity index (χ4v) is 2.81. The van der Waals surface area contributed by atoms with Crippen LogP contribution < -0.4 is 16.0 Å². The summed E-state index contributed by atoms with van der Waals surface area (Å²) in [6.45, 7) is 11.1. The van der Waals surface area contributed by atoms with Gasteiger partial charge in [-0.1, -0.05) is 19.9 Å². The normalized spacial score (nSPS) is 13.0. The Morgan fingerprint density at radius 2 is 2.00 bits per heavy atom. The van der Waals surface area contributed by atoms with Gasteiger partial charge in [0.2, 0.25) is 0 Å². The molecule has 1 heterocycles. The second-order valence-corrected chi connectivity index (χ2v) is 8.24. The van der Waals surface area contributed by atoms with E-state index >= 15 is 0 Å². The van der Waals surface area contributed by atoms with Crippen LogP contribution in [-0.4, -0.2) is 43.8 Å². The first-order valence-corrected chi connectivity index (χ1v) is 9.55. The lowest BCUT2D eigenvalue weighted by atomic mass is 10.0. The minimum atomic E-state index is -0.502. The topological polar surface area (TPSA) is 74.8 Å². The van der Waals surface area contributed by atoms with Gasteiger partial charge < -0.3 is 20.7 Å². The van der Waals surface area contributed by atoms with Gasteiger partial charge in [0.25, 0.3) is 0 Å². The lowest BCUT2D eigenvalue weighted by Crippen LogP contribution is -2.50. The number of carbonyl (C=O) groups is 1. The molecule has 0 aliphatic rings. The average Bonchev–Trinajstić information content (AvgIpc) is 3.00. The Morgan fingerprint density at radius 3 is 2.50 bits per heavy atom. The summed E-state index contributed by atoms with van der Waals surface area (Å²) >= 11 is 1.75. The molecule has 0 aromatic carbocycles. The summed E-state index contributed by atoms with van der Waals surface area (Å²) < 4.78 is 5.34. The number of rotatable bonds is 7. The van der Waals surface area contributed by atoms with E-state index < -0.39 is 11.7 Å². The van der Waals surface area contributed by atoms with Crippen LogP contribution in [-0.2, 0) is 11.2 Å². The summed E-state index contributed by atoms with van der Waals surface area (Å²) in [4.78, 5) is 17.6. The molecule has 0 aliphatic heterocycles. The van der Waals surface area contributed by atoms with Crippen molar-refractivity contribution in [2.75, 3.05) is 20.1 Å². The second kappa shape index (κ2) is 12.4. The Balaban J connectivity index is 0.00000625. The summed E-state index contributed by atoms with van der Waals surface area (Å²) in [7, 11) is 1.74. The Morgan fingerprint density at radius 1 is 1.31 bits per heavy atom. The molecule has 1 unspecified atom stereocenters. The van der Waals surface area contributed by atoms with Gasteiger partial charge in [0.15, 0.2) is 5.96 Å². The molecule has 0 spiro atoms. The van der Waals surface area contributed by atoms with Crippen molar-refractivity contribution < 1.29 is 9.53 Å². The van der Waals surface area contributed by atoms with Crippen LogP contribution >= 0.6 is 35.3 Å². The fourth-order valence-electron chi connectivity index (χ4n) is 2.10. The highest BCUT2D eigenvalue weighted by atomic mass is 127. The molecule has 1 rings (SSSR count). The quantitative estimate of drug-likeness (QED) is 0.306. The monoisotopic (exact) mass is 496 g/mol. The number of guanidine groups is 1. The molecule has 150 valence electrons. The van der Waals surface area contributed by atoms with Gasteiger partial charge in [-0.05, 0) is 44.6 Å². The smallest absolute Gasteiger partial charge is 0.407 e. The van der Waals surface area contributed by atoms with Gasteiger partial charge in [0, 0.05) is 25.0 Å². The van der Waals surface area contributed by atoms with Gasteiger partial charge in [-0.2, -0.15) is 0 Å². The number of alkyl carbamates (subject to hydrolysis) is 1. The van der Waals surface area contributed by atoms with E-state index in [1.807, 2.05) is 20.8 Å². The number of aliphatic imine (C=N–C) groups is 1. The minimum absolute atomic E-state index is 0. The molecule has 0 radical (unpaired) electrons. The van der Waals surface area contributed by atoms with E-state index in [0.717, 1.165) is 18.9 Å². The number of carbonyl (C=O) groups excluding carboxylic acids is 1. The maximum Gasteiger partial charge on any atom is 0.407 e. The Bertz CT molecular complexity index is 542. The number of nitrogens with one attached hydrogen (secondary N) is 3. The van der Waals surface area contributed by atoms with E-state index in [9.17, 15) is 4.79 Å². The highest BCUT2D eigenvalue weighted by Crippen LogP contribution is 2.09. The first-order chi connectivity index (χ1) is 11.7. The third-order valence-electron chi connectivity index (χ3n) is 3.46. The molecule has 0 saturated heterocycles. The van der Waals surface area contributed by atoms with Crippen molar-refractivity contribution in [2.45, 2.75) is 52.7 Å². The third-order valence-corrected chi connectivity index (χ3v) is 4.40. The first-order valence-electron chi connectivity index (χ1n) is 8.67. The van der Waals surface area contributed by atoms with Crippen molar-refractivity contribution in [1.29, 1.82) is 0 Å². The van der Waals surface area contributed by atoms with E-state index in [1.165, 1.54) is 4.88 Å². The lowest BCUT2D eigenvalue weighted by molar-refractivity contribution is 0.0491. The van der Waals surface area contributed by atoms with Gasteiger partial charge in [-0.25, -0.2) is 4.79 Å². The zero-order valence-corrected chi connectivity index (χ0v) is 19.7. The first kappa shape index (κ1) is 25.0. The minimum Gasteiger partial charge on any atom is -0.444 e. The van der Waals surface area contributed by atoms with Crippen molar-refractivity contribution in [2.24, 2.45) is 10.9 Å². The van der Waals surface area contributed by atoms with Crippen LogP contribution in [0.1, 0.15) is 39.5 Å². The standard InChI is InChI=1S/C18H32N4O2S.HI/c1-13(2)15(22-17(23)24-18(3,4)5)12-21-16(19-6)20-10-9-14-8-7-11-25-14;/h7-8,11,13,15H,9-10,12H2,1-6H3,(H,22,23)(H2,19,20,21);1H. The maximum absolute atomic E-state index is 12.0. The van der Waals surface area contributed by atoms with Gasteiger partial charge in [0.1, 0.15) is 5.60 Å². The van der Waals surface area contributed by atoms with Crippen LogP contribution in [0.15, 0.2) is 22.5 Å². The van der Waals surface area contributed by atoms with Crippen molar-refractivity contribution >= 4 is 47.4 Å². The van der Waals surface area contributed by atoms with Gasteiger partial charge in [-0.15, -0.1) is 35.3 Å². The number of nitrogens with zero attached hydrogens (tertiary/aromatic N) is 1. The fraction of sp³-hybridized carbons (Fsp3) is 0.667. The summed E-state index contributed by atoms with van der Waals surface area (Å²) in [5.74, 6) is 0.998. The molecule has 6 nitrogen and oxygen atoms in total. The molecular formula is C18H33IN4O2S. The van der Waals surface area contributed by atoms with E-state index in [-0.39, 0.29) is 35.9 Å². The van der Waals surface area contributed by atoms with Gasteiger partial charge in [-0.3, -0.25) is 4.99 Å². The predicted molar refractivity (Wildman–Crippen MR) is 121 cm³/mol. The Labute approximate surface area is 178 Å². The van der Waals surface area contributed by atoms with Crippen LogP contribution in [0.4, 0.5) is 4.79 Å². The van der Waals surface area contributed by atoms with Crippen LogP contribution in [0, 0.1) is 5.92 Å². The second-order valence-electron chi connectivity index (χ2n) is 7.21. The number of amides is 1. The van der Waals surface area contributed by atoms with E-state index in [0.29, 0.717) is 6.54 Å². The van der Waals surface area contributed by atoms with Crippen molar-refractivity contribution in [3.63, 3.8) is 0 Å². The third kappa shape index (κ3) is 10.8. The number of hydrogen-bond donors (Lipinski definition) is 3. The highest BCUT2D eigenvalue weighted by Gasteiger charge is 2.21. The van der Waals surface area contributed by atoms with E-state index in [4.69, 9.17) is 4.74 Å². The maximum atomic E-state index is 12.0. The number of ether oxygens (including phenoxy) is 1. The summed E-state index contributed by atoms with van der Waals surface area (Å²) in [5, 5.41) is 11.6. The van der Waals surface area contributed by atoms with Gasteiger partial charge >= 0.3 is 6.09 Å². The van der Waals surface area contributed by atoms with E-state index in [2.05, 4.69) is 52.3 Å². The molecule has 0 saturated carbocycles. The summed E-state index contributed by atoms with van der Waals surface area (Å²) in [6.07, 6.45) is 0.566. The molecule has 1 aromatic heterocycles. The van der Waals surface area contributed by atoms with Crippen molar-refractivity contribution in [1.82, 2.24) is 16.0 Å². The predicted octanol–water partition coefficient (Wildman–Crippen LogP) is 3.62. The number of thiophene rings is 1. The SMILES string of the molecule is CN=C(NCCc1cccs1)NCC(NC(=O)OC(C)(C)C)C(C)C.I. The molecule has 26 heavy (non-hydrogen) atoms. The lowest BCUT2D eigenvalue weighted by Gasteiger charge is -2.26. The molecule has 3 N–H and O–H groups in total. The van der Waals surface area contributed by atoms with Crippen LogP contribution in [0.25, 0.3) is 0 Å². The van der Waals surface area contributed by atoms with Crippen LogP contribution in [0.5, 0.6) is 0 Å². The van der Waals surface area contributed by atoms with Crippen LogP contribution in [0.2, 0.25) is 0 Å². The zero-order valence-electron chi connectivity index (χ0n) is 16.6. The van der Waals surface area contributed by atoms with Crippen molar-refractivity contribution in [3.05, 3.63) is 22.4 Å². The molecule has 1 atom stereocenters. The number of hydrogen-bond acceptors (Lipinski definition) is 4. The largest absolute Gasteiger partial charge is 0.444 e. The summed E-state index contributed by atoms with van der Waals surface area (Å²) in [5.41, 5.74) is -0.502. The van der Waals surface area contributed by atoms with Crippen molar-refractivity contribution in [3.8, 4) is 0 Å². The molecular weight excluding hydrogens is 463 g/mol. The summed E-state index contributed by atoms with van der Waals surface area (Å²) in [6, 6.07) is 4.13. The van der Waals surface area contributed by atoms with Gasteiger partial charge in [0.05, 0.1) is 6.04 Å². The molecule has 1 aromatic rings. The van der Waals surface area contributed by atoms with Crippen LogP contribution in [0.3, 0.4) is 0 Å². The highest BCUT2D eigenvalue weighted by molar-refractivity contribution is 14.0. The number of halogens is 1. The molecule has 0 aliphatic carbocycles. The van der Waals surface area contributed by atoms with E-state index in [1.54, 1.807) is 18.4 Å². The Kier molecular flexibility index (Phi) is 11.9. The average molecular weight is 496 g/mol. The molecule has 1 amide bonds. The zero-order chi connectivity index (χ0) is 18.9. The Hall–Kier alpha value is -1.03.